The number of aromatic hydroxyl groups is 1. The lowest BCUT2D eigenvalue weighted by atomic mass is 9.64. The molecule has 0 heterocycles. The Morgan fingerprint density at radius 3 is 2.67 bits per heavy atom. The quantitative estimate of drug-likeness (QED) is 0.802. The molecule has 1 aromatic carbocycles. The topological polar surface area (TPSA) is 49.7 Å². The molecule has 1 saturated carbocycles. The van der Waals surface area contributed by atoms with Crippen molar-refractivity contribution in [2.45, 2.75) is 69.8 Å². The Morgan fingerprint density at radius 2 is 2.00 bits per heavy atom. The highest BCUT2D eigenvalue weighted by Crippen LogP contribution is 2.51. The second-order valence-electron chi connectivity index (χ2n) is 7.84. The number of aliphatic hydroxyl groups excluding tert-OH is 1. The van der Waals surface area contributed by atoms with Gasteiger partial charge in [-0.05, 0) is 73.1 Å². The zero-order chi connectivity index (χ0) is 17.1. The molecule has 0 radical (unpaired) electrons. The van der Waals surface area contributed by atoms with Gasteiger partial charge in [0.25, 0.3) is 0 Å². The number of fused-ring (bicyclic) bond motifs is 1. The fraction of sp³-hybridized carbons (Fsp3) is 0.714. The number of methoxy groups -OCH3 is 1. The van der Waals surface area contributed by atoms with Crippen molar-refractivity contribution in [3.05, 3.63) is 29.3 Å². The van der Waals surface area contributed by atoms with E-state index in [1.54, 1.807) is 7.11 Å². The second kappa shape index (κ2) is 7.88. The highest BCUT2D eigenvalue weighted by molar-refractivity contribution is 5.42. The van der Waals surface area contributed by atoms with Crippen LogP contribution in [0, 0.1) is 11.8 Å². The van der Waals surface area contributed by atoms with Gasteiger partial charge in [0.15, 0.2) is 0 Å². The van der Waals surface area contributed by atoms with Crippen molar-refractivity contribution in [1.29, 1.82) is 0 Å². The molecule has 2 N–H and O–H groups in total. The van der Waals surface area contributed by atoms with Gasteiger partial charge < -0.3 is 14.9 Å². The fourth-order valence-electron chi connectivity index (χ4n) is 5.16. The summed E-state index contributed by atoms with van der Waals surface area (Å²) in [6.07, 6.45) is 7.75. The molecule has 24 heavy (non-hydrogen) atoms. The van der Waals surface area contributed by atoms with Crippen LogP contribution in [0.4, 0.5) is 0 Å². The zero-order valence-electron chi connectivity index (χ0n) is 15.1. The molecule has 0 spiro atoms. The van der Waals surface area contributed by atoms with E-state index in [0.29, 0.717) is 36.0 Å². The van der Waals surface area contributed by atoms with E-state index < -0.39 is 0 Å². The van der Waals surface area contributed by atoms with E-state index in [1.165, 1.54) is 30.4 Å². The predicted molar refractivity (Wildman–Crippen MR) is 96.4 cm³/mol. The molecule has 2 aliphatic carbocycles. The predicted octanol–water partition coefficient (Wildman–Crippen LogP) is 4.58. The van der Waals surface area contributed by atoms with Gasteiger partial charge in [0.05, 0.1) is 12.7 Å². The standard InChI is InChI=1S/C21H32O3/c1-3-4-5-18-19-9-8-17(23)12-21(19)15(13-24-2)11-20(18)14-6-7-16(22)10-14/h8-9,12,14-16,18,20,22-23H,3-7,10-11,13H2,1-2H3/t14-,15-,16+,18-,20+/m1/s1. The number of hydrogen-bond donors (Lipinski definition) is 2. The molecule has 0 saturated heterocycles. The Balaban J connectivity index is 1.94. The van der Waals surface area contributed by atoms with Gasteiger partial charge in [-0.15, -0.1) is 0 Å². The van der Waals surface area contributed by atoms with Crippen LogP contribution in [-0.2, 0) is 4.74 Å². The monoisotopic (exact) mass is 332 g/mol. The smallest absolute Gasteiger partial charge is 0.115 e. The van der Waals surface area contributed by atoms with Gasteiger partial charge in [0, 0.05) is 13.0 Å². The number of unbranched alkanes of at least 4 members (excludes halogenated alkanes) is 1. The van der Waals surface area contributed by atoms with E-state index in [2.05, 4.69) is 13.0 Å². The molecule has 1 fully saturated rings. The van der Waals surface area contributed by atoms with Crippen molar-refractivity contribution >= 4 is 0 Å². The van der Waals surface area contributed by atoms with Gasteiger partial charge >= 0.3 is 0 Å². The molecule has 3 rings (SSSR count). The molecular weight excluding hydrogens is 300 g/mol. The van der Waals surface area contributed by atoms with Crippen molar-refractivity contribution in [3.8, 4) is 5.75 Å². The summed E-state index contributed by atoms with van der Waals surface area (Å²) in [4.78, 5) is 0. The summed E-state index contributed by atoms with van der Waals surface area (Å²) < 4.78 is 5.50. The van der Waals surface area contributed by atoms with E-state index >= 15 is 0 Å². The Hall–Kier alpha value is -1.06. The summed E-state index contributed by atoms with van der Waals surface area (Å²) in [6.45, 7) is 2.96. The molecule has 0 aromatic heterocycles. The largest absolute Gasteiger partial charge is 0.508 e. The van der Waals surface area contributed by atoms with Crippen molar-refractivity contribution in [1.82, 2.24) is 0 Å². The van der Waals surface area contributed by atoms with E-state index in [0.717, 1.165) is 25.7 Å². The van der Waals surface area contributed by atoms with Crippen LogP contribution in [0.25, 0.3) is 0 Å². The van der Waals surface area contributed by atoms with Gasteiger partial charge in [0.2, 0.25) is 0 Å². The van der Waals surface area contributed by atoms with Gasteiger partial charge in [-0.1, -0.05) is 25.8 Å². The van der Waals surface area contributed by atoms with Crippen LogP contribution in [-0.4, -0.2) is 30.0 Å². The van der Waals surface area contributed by atoms with Crippen molar-refractivity contribution in [2.24, 2.45) is 11.8 Å². The van der Waals surface area contributed by atoms with Crippen molar-refractivity contribution in [3.63, 3.8) is 0 Å². The third kappa shape index (κ3) is 3.62. The summed E-state index contributed by atoms with van der Waals surface area (Å²) in [5, 5.41) is 20.0. The maximum atomic E-state index is 10.0. The Bertz CT molecular complexity index is 542. The first kappa shape index (κ1) is 17.8. The second-order valence-corrected chi connectivity index (χ2v) is 7.84. The maximum Gasteiger partial charge on any atom is 0.115 e. The van der Waals surface area contributed by atoms with Gasteiger partial charge in [0.1, 0.15) is 5.75 Å². The number of ether oxygens (including phenoxy) is 1. The third-order valence-corrected chi connectivity index (χ3v) is 6.27. The molecule has 0 amide bonds. The summed E-state index contributed by atoms with van der Waals surface area (Å²) in [5.74, 6) is 2.54. The van der Waals surface area contributed by atoms with Crippen LogP contribution >= 0.6 is 0 Å². The maximum absolute atomic E-state index is 10.0. The lowest BCUT2D eigenvalue weighted by Crippen LogP contribution is -2.30. The molecule has 1 aromatic rings. The first-order valence-corrected chi connectivity index (χ1v) is 9.63. The lowest BCUT2D eigenvalue weighted by Gasteiger charge is -2.41. The van der Waals surface area contributed by atoms with Crippen LogP contribution in [0.2, 0.25) is 0 Å². The summed E-state index contributed by atoms with van der Waals surface area (Å²) >= 11 is 0. The van der Waals surface area contributed by atoms with Crippen LogP contribution in [0.1, 0.15) is 74.8 Å². The molecule has 2 aliphatic rings. The number of aliphatic hydroxyl groups is 1. The van der Waals surface area contributed by atoms with E-state index in [1.807, 2.05) is 12.1 Å². The molecule has 0 aliphatic heterocycles. The minimum absolute atomic E-state index is 0.107. The highest BCUT2D eigenvalue weighted by Gasteiger charge is 2.41. The lowest BCUT2D eigenvalue weighted by molar-refractivity contribution is 0.129. The SMILES string of the molecule is CCCC[C@@H]1c2ccc(O)cc2[C@@H](COC)C[C@H]1[C@@H]1CC[C@H](O)C1. The number of phenols is 1. The summed E-state index contributed by atoms with van der Waals surface area (Å²) in [6, 6.07) is 5.94. The average molecular weight is 332 g/mol. The van der Waals surface area contributed by atoms with E-state index in [4.69, 9.17) is 4.74 Å². The van der Waals surface area contributed by atoms with Crippen LogP contribution in [0.15, 0.2) is 18.2 Å². The minimum atomic E-state index is -0.107. The number of hydrogen-bond acceptors (Lipinski definition) is 3. The molecule has 0 unspecified atom stereocenters. The molecule has 3 nitrogen and oxygen atoms in total. The third-order valence-electron chi connectivity index (χ3n) is 6.27. The average Bonchev–Trinajstić information content (AvgIpc) is 3.00. The number of phenolic OH excluding ortho intramolecular Hbond substituents is 1. The van der Waals surface area contributed by atoms with E-state index in [-0.39, 0.29) is 6.10 Å². The van der Waals surface area contributed by atoms with Gasteiger partial charge in [-0.25, -0.2) is 0 Å². The first-order chi connectivity index (χ1) is 11.6. The molecule has 3 heteroatoms. The number of rotatable bonds is 6. The van der Waals surface area contributed by atoms with Crippen LogP contribution in [0.3, 0.4) is 0 Å². The van der Waals surface area contributed by atoms with Crippen molar-refractivity contribution in [2.75, 3.05) is 13.7 Å². The fourth-order valence-corrected chi connectivity index (χ4v) is 5.16. The van der Waals surface area contributed by atoms with E-state index in [9.17, 15) is 10.2 Å². The molecule has 0 bridgehead atoms. The minimum Gasteiger partial charge on any atom is -0.508 e. The van der Waals surface area contributed by atoms with Gasteiger partial charge in [-0.3, -0.25) is 0 Å². The molecular formula is C21H32O3. The molecule has 134 valence electrons. The first-order valence-electron chi connectivity index (χ1n) is 9.63. The highest BCUT2D eigenvalue weighted by atomic mass is 16.5. The zero-order valence-corrected chi connectivity index (χ0v) is 15.1. The van der Waals surface area contributed by atoms with Crippen LogP contribution < -0.4 is 0 Å². The van der Waals surface area contributed by atoms with Crippen LogP contribution in [0.5, 0.6) is 5.75 Å². The summed E-state index contributed by atoms with van der Waals surface area (Å²) in [7, 11) is 1.76. The van der Waals surface area contributed by atoms with Gasteiger partial charge in [-0.2, -0.15) is 0 Å². The number of benzene rings is 1. The Kier molecular flexibility index (Phi) is 5.83. The van der Waals surface area contributed by atoms with Crippen molar-refractivity contribution < 1.29 is 14.9 Å². The Labute approximate surface area is 146 Å². The Morgan fingerprint density at radius 1 is 1.17 bits per heavy atom. The normalized spacial score (nSPS) is 32.7. The molecule has 5 atom stereocenters. The summed E-state index contributed by atoms with van der Waals surface area (Å²) in [5.41, 5.74) is 2.70.